The normalized spacial score (nSPS) is 20.9. The van der Waals surface area contributed by atoms with Crippen molar-refractivity contribution in [3.05, 3.63) is 24.3 Å². The summed E-state index contributed by atoms with van der Waals surface area (Å²) in [5.41, 5.74) is 0.466. The molecule has 1 saturated heterocycles. The number of anilines is 2. The molecule has 1 fully saturated rings. The van der Waals surface area contributed by atoms with E-state index in [1.165, 1.54) is 0 Å². The Labute approximate surface area is 142 Å². The fraction of sp³-hybridized carbons (Fsp3) is 0.500. The highest BCUT2D eigenvalue weighted by atomic mass is 16.2. The molecule has 1 aromatic carbocycles. The summed E-state index contributed by atoms with van der Waals surface area (Å²) in [5, 5.41) is 11.9. The molecule has 3 rings (SSSR count). The summed E-state index contributed by atoms with van der Waals surface area (Å²) in [4.78, 5) is 29.1. The summed E-state index contributed by atoms with van der Waals surface area (Å²) < 4.78 is 0. The molecule has 126 valence electrons. The van der Waals surface area contributed by atoms with Gasteiger partial charge in [0.25, 0.3) is 0 Å². The van der Waals surface area contributed by atoms with E-state index in [1.807, 2.05) is 18.2 Å². The van der Waals surface area contributed by atoms with Crippen molar-refractivity contribution >= 4 is 23.2 Å². The first-order valence-corrected chi connectivity index (χ1v) is 8.29. The van der Waals surface area contributed by atoms with Crippen LogP contribution in [-0.2, 0) is 9.59 Å². The number of nitrogens with one attached hydrogen (secondary N) is 1. The van der Waals surface area contributed by atoms with E-state index in [9.17, 15) is 9.59 Å². The van der Waals surface area contributed by atoms with E-state index in [4.69, 9.17) is 5.26 Å². The van der Waals surface area contributed by atoms with Crippen LogP contribution in [0.15, 0.2) is 24.3 Å². The maximum Gasteiger partial charge on any atom is 0.250 e. The molecule has 24 heavy (non-hydrogen) atoms. The van der Waals surface area contributed by atoms with Gasteiger partial charge in [-0.2, -0.15) is 5.26 Å². The molecular formula is C18H22N4O2. The lowest BCUT2D eigenvalue weighted by Crippen LogP contribution is -2.60. The van der Waals surface area contributed by atoms with Crippen molar-refractivity contribution in [2.24, 2.45) is 5.92 Å². The number of piperidine rings is 1. The highest BCUT2D eigenvalue weighted by Gasteiger charge is 2.43. The largest absolute Gasteiger partial charge is 0.322 e. The van der Waals surface area contributed by atoms with E-state index in [-0.39, 0.29) is 24.3 Å². The van der Waals surface area contributed by atoms with Crippen LogP contribution in [0.5, 0.6) is 0 Å². The summed E-state index contributed by atoms with van der Waals surface area (Å²) in [6.45, 7) is 5.28. The number of hydrogen-bond acceptors (Lipinski definition) is 4. The Morgan fingerprint density at radius 3 is 2.67 bits per heavy atom. The molecular weight excluding hydrogens is 304 g/mol. The number of amides is 2. The van der Waals surface area contributed by atoms with Gasteiger partial charge >= 0.3 is 0 Å². The molecule has 0 atom stereocenters. The van der Waals surface area contributed by atoms with Gasteiger partial charge in [0.2, 0.25) is 11.8 Å². The van der Waals surface area contributed by atoms with Crippen LogP contribution in [0.3, 0.4) is 0 Å². The van der Waals surface area contributed by atoms with Crippen molar-refractivity contribution in [2.75, 3.05) is 29.9 Å². The number of nitriles is 1. The fourth-order valence-electron chi connectivity index (χ4n) is 3.38. The summed E-state index contributed by atoms with van der Waals surface area (Å²) in [6.07, 6.45) is 1.59. The van der Waals surface area contributed by atoms with Crippen molar-refractivity contribution in [2.45, 2.75) is 32.2 Å². The average Bonchev–Trinajstić information content (AvgIpc) is 2.56. The standard InChI is InChI=1S/C18H22N4O2/c1-18(2)17(24)20-14-5-3-4-6-15(14)22(18)16(23)12-21-9-7-13(11-19)8-10-21/h3-6,13H,7-10,12H2,1-2H3,(H,20,24). The Morgan fingerprint density at radius 2 is 2.00 bits per heavy atom. The molecule has 0 bridgehead atoms. The van der Waals surface area contributed by atoms with E-state index >= 15 is 0 Å². The molecule has 2 aliphatic rings. The maximum atomic E-state index is 13.0. The number of carbonyl (C=O) groups excluding carboxylic acids is 2. The highest BCUT2D eigenvalue weighted by molar-refractivity contribution is 6.14. The summed E-state index contributed by atoms with van der Waals surface area (Å²) >= 11 is 0. The van der Waals surface area contributed by atoms with Gasteiger partial charge in [-0.05, 0) is 51.9 Å². The second-order valence-electron chi connectivity index (χ2n) is 6.94. The SMILES string of the molecule is CC1(C)C(=O)Nc2ccccc2N1C(=O)CN1CCC(C#N)CC1. The zero-order valence-corrected chi connectivity index (χ0v) is 14.1. The van der Waals surface area contributed by atoms with Crippen molar-refractivity contribution in [3.8, 4) is 6.07 Å². The number of para-hydroxylation sites is 2. The van der Waals surface area contributed by atoms with E-state index in [2.05, 4.69) is 16.3 Å². The molecule has 0 aliphatic carbocycles. The van der Waals surface area contributed by atoms with Crippen molar-refractivity contribution in [3.63, 3.8) is 0 Å². The third-order valence-corrected chi connectivity index (χ3v) is 4.89. The highest BCUT2D eigenvalue weighted by Crippen LogP contribution is 2.36. The lowest BCUT2D eigenvalue weighted by Gasteiger charge is -2.43. The van der Waals surface area contributed by atoms with Gasteiger partial charge in [0.1, 0.15) is 5.54 Å². The van der Waals surface area contributed by atoms with Crippen LogP contribution in [0, 0.1) is 17.2 Å². The number of carbonyl (C=O) groups is 2. The number of likely N-dealkylation sites (tertiary alicyclic amines) is 1. The van der Waals surface area contributed by atoms with Crippen LogP contribution >= 0.6 is 0 Å². The molecule has 6 nitrogen and oxygen atoms in total. The third-order valence-electron chi connectivity index (χ3n) is 4.89. The van der Waals surface area contributed by atoms with E-state index < -0.39 is 5.54 Å². The molecule has 1 N–H and O–H groups in total. The van der Waals surface area contributed by atoms with Gasteiger partial charge in [0, 0.05) is 5.92 Å². The molecule has 0 spiro atoms. The molecule has 0 aromatic heterocycles. The zero-order valence-electron chi connectivity index (χ0n) is 14.1. The lowest BCUT2D eigenvalue weighted by molar-refractivity contribution is -0.127. The summed E-state index contributed by atoms with van der Waals surface area (Å²) in [7, 11) is 0. The van der Waals surface area contributed by atoms with Gasteiger partial charge < -0.3 is 5.32 Å². The summed E-state index contributed by atoms with van der Waals surface area (Å²) in [6, 6.07) is 9.67. The van der Waals surface area contributed by atoms with E-state index in [0.717, 1.165) is 31.6 Å². The van der Waals surface area contributed by atoms with Crippen LogP contribution in [-0.4, -0.2) is 41.9 Å². The lowest BCUT2D eigenvalue weighted by atomic mass is 9.95. The Bertz CT molecular complexity index is 699. The molecule has 2 heterocycles. The third kappa shape index (κ3) is 2.87. The molecule has 0 unspecified atom stereocenters. The quantitative estimate of drug-likeness (QED) is 0.901. The number of rotatable bonds is 2. The molecule has 2 aliphatic heterocycles. The van der Waals surface area contributed by atoms with Crippen LogP contribution in [0.4, 0.5) is 11.4 Å². The molecule has 2 amide bonds. The Kier molecular flexibility index (Phi) is 4.29. The predicted octanol–water partition coefficient (Wildman–Crippen LogP) is 1.99. The second kappa shape index (κ2) is 6.25. The zero-order chi connectivity index (χ0) is 17.3. The number of benzene rings is 1. The Morgan fingerprint density at radius 1 is 1.33 bits per heavy atom. The maximum absolute atomic E-state index is 13.0. The van der Waals surface area contributed by atoms with Gasteiger partial charge in [-0.3, -0.25) is 19.4 Å². The average molecular weight is 326 g/mol. The first kappa shape index (κ1) is 16.5. The van der Waals surface area contributed by atoms with Crippen molar-refractivity contribution in [1.82, 2.24) is 4.90 Å². The van der Waals surface area contributed by atoms with E-state index in [0.29, 0.717) is 5.69 Å². The first-order valence-electron chi connectivity index (χ1n) is 8.29. The molecule has 6 heteroatoms. The smallest absolute Gasteiger partial charge is 0.250 e. The predicted molar refractivity (Wildman–Crippen MR) is 91.4 cm³/mol. The van der Waals surface area contributed by atoms with Crippen LogP contribution < -0.4 is 10.2 Å². The summed E-state index contributed by atoms with van der Waals surface area (Å²) in [5.74, 6) is -0.176. The minimum atomic E-state index is -0.934. The Balaban J connectivity index is 1.80. The monoisotopic (exact) mass is 326 g/mol. The fourth-order valence-corrected chi connectivity index (χ4v) is 3.38. The minimum absolute atomic E-state index is 0.0855. The minimum Gasteiger partial charge on any atom is -0.322 e. The number of fused-ring (bicyclic) bond motifs is 1. The van der Waals surface area contributed by atoms with Gasteiger partial charge in [-0.15, -0.1) is 0 Å². The molecule has 0 saturated carbocycles. The van der Waals surface area contributed by atoms with Crippen molar-refractivity contribution in [1.29, 1.82) is 5.26 Å². The first-order chi connectivity index (χ1) is 11.4. The molecule has 1 aromatic rings. The van der Waals surface area contributed by atoms with Gasteiger partial charge in [-0.25, -0.2) is 0 Å². The van der Waals surface area contributed by atoms with Gasteiger partial charge in [0.05, 0.1) is 24.0 Å². The van der Waals surface area contributed by atoms with Gasteiger partial charge in [0.15, 0.2) is 0 Å². The van der Waals surface area contributed by atoms with Gasteiger partial charge in [-0.1, -0.05) is 12.1 Å². The van der Waals surface area contributed by atoms with E-state index in [1.54, 1.807) is 24.8 Å². The second-order valence-corrected chi connectivity index (χ2v) is 6.94. The number of nitrogens with zero attached hydrogens (tertiary/aromatic N) is 3. The van der Waals surface area contributed by atoms with Crippen LogP contribution in [0.25, 0.3) is 0 Å². The van der Waals surface area contributed by atoms with Crippen molar-refractivity contribution < 1.29 is 9.59 Å². The van der Waals surface area contributed by atoms with Crippen LogP contribution in [0.1, 0.15) is 26.7 Å². The Hall–Kier alpha value is -2.39. The van der Waals surface area contributed by atoms with Crippen LogP contribution in [0.2, 0.25) is 0 Å². The molecule has 0 radical (unpaired) electrons. The topological polar surface area (TPSA) is 76.4 Å². The number of hydrogen-bond donors (Lipinski definition) is 1.